The maximum Gasteiger partial charge on any atom is 0.00385 e. The van der Waals surface area contributed by atoms with E-state index in [-0.39, 0.29) is 0 Å². The zero-order valence-electron chi connectivity index (χ0n) is 16.5. The average molecular weight is 311 g/mol. The predicted octanol–water partition coefficient (Wildman–Crippen LogP) is 4.89. The molecule has 2 saturated heterocycles. The van der Waals surface area contributed by atoms with Crippen LogP contribution in [0.4, 0.5) is 0 Å². The molecular formula is C20H42N2. The van der Waals surface area contributed by atoms with Crippen LogP contribution in [0.2, 0.25) is 0 Å². The van der Waals surface area contributed by atoms with E-state index in [0.29, 0.717) is 5.41 Å². The van der Waals surface area contributed by atoms with Crippen LogP contribution in [-0.4, -0.2) is 48.6 Å². The van der Waals surface area contributed by atoms with E-state index in [9.17, 15) is 0 Å². The largest absolute Gasteiger partial charge is 0.303 e. The quantitative estimate of drug-likeness (QED) is 0.732. The highest BCUT2D eigenvalue weighted by Gasteiger charge is 2.30. The molecule has 0 aromatic rings. The maximum absolute atomic E-state index is 2.75. The molecule has 132 valence electrons. The highest BCUT2D eigenvalue weighted by molar-refractivity contribution is 4.83. The van der Waals surface area contributed by atoms with E-state index >= 15 is 0 Å². The summed E-state index contributed by atoms with van der Waals surface area (Å²) in [5, 5.41) is 0. The molecule has 22 heavy (non-hydrogen) atoms. The van der Waals surface area contributed by atoms with Crippen LogP contribution in [-0.2, 0) is 0 Å². The Kier molecular flexibility index (Phi) is 8.42. The lowest BCUT2D eigenvalue weighted by atomic mass is 9.75. The second-order valence-electron chi connectivity index (χ2n) is 8.51. The first-order valence-electron chi connectivity index (χ1n) is 9.82. The summed E-state index contributed by atoms with van der Waals surface area (Å²) in [5.74, 6) is 1.89. The van der Waals surface area contributed by atoms with Gasteiger partial charge in [0.1, 0.15) is 0 Å². The third kappa shape index (κ3) is 6.20. The van der Waals surface area contributed by atoms with Gasteiger partial charge in [0.2, 0.25) is 0 Å². The number of hydrogen-bond donors (Lipinski definition) is 0. The van der Waals surface area contributed by atoms with Crippen LogP contribution < -0.4 is 0 Å². The fourth-order valence-corrected chi connectivity index (χ4v) is 4.00. The van der Waals surface area contributed by atoms with E-state index in [0.717, 1.165) is 17.9 Å². The summed E-state index contributed by atoms with van der Waals surface area (Å²) in [6, 6.07) is 0.735. The topological polar surface area (TPSA) is 6.48 Å². The Morgan fingerprint density at radius 1 is 0.864 bits per heavy atom. The minimum atomic E-state index is 0.509. The van der Waals surface area contributed by atoms with Gasteiger partial charge in [-0.3, -0.25) is 0 Å². The molecule has 2 nitrogen and oxygen atoms in total. The van der Waals surface area contributed by atoms with Gasteiger partial charge in [-0.05, 0) is 83.0 Å². The Morgan fingerprint density at radius 2 is 1.36 bits per heavy atom. The standard InChI is InChI=1S/C18H36N2.C2H6/c1-15(2)20-12-6-16(7-13-20)14-19-10-8-17(9-11-19)18(3,4)5;1-2/h15-17H,6-14H2,1-5H3;1-2H3. The summed E-state index contributed by atoms with van der Waals surface area (Å²) in [5.41, 5.74) is 0.509. The predicted molar refractivity (Wildman–Crippen MR) is 99.4 cm³/mol. The Morgan fingerprint density at radius 3 is 1.77 bits per heavy atom. The van der Waals surface area contributed by atoms with Crippen LogP contribution in [0, 0.1) is 17.3 Å². The van der Waals surface area contributed by atoms with E-state index in [1.165, 1.54) is 58.4 Å². The van der Waals surface area contributed by atoms with Gasteiger partial charge in [-0.1, -0.05) is 34.6 Å². The Bertz CT molecular complexity index is 277. The summed E-state index contributed by atoms with van der Waals surface area (Å²) < 4.78 is 0. The second-order valence-corrected chi connectivity index (χ2v) is 8.51. The van der Waals surface area contributed by atoms with Crippen molar-refractivity contribution < 1.29 is 0 Å². The first kappa shape index (κ1) is 20.0. The lowest BCUT2D eigenvalue weighted by molar-refractivity contribution is 0.0790. The molecule has 0 amide bonds. The van der Waals surface area contributed by atoms with Crippen molar-refractivity contribution >= 4 is 0 Å². The minimum absolute atomic E-state index is 0.509. The second kappa shape index (κ2) is 9.27. The number of nitrogens with zero attached hydrogens (tertiary/aromatic N) is 2. The van der Waals surface area contributed by atoms with Gasteiger partial charge in [0.25, 0.3) is 0 Å². The highest BCUT2D eigenvalue weighted by Crippen LogP contribution is 2.34. The van der Waals surface area contributed by atoms with Crippen LogP contribution >= 0.6 is 0 Å². The van der Waals surface area contributed by atoms with Gasteiger partial charge in [-0.15, -0.1) is 0 Å². The average Bonchev–Trinajstić information content (AvgIpc) is 2.49. The normalized spacial score (nSPS) is 23.5. The number of piperidine rings is 2. The molecule has 0 aliphatic carbocycles. The van der Waals surface area contributed by atoms with Crippen LogP contribution in [0.25, 0.3) is 0 Å². The van der Waals surface area contributed by atoms with Gasteiger partial charge in [-0.2, -0.15) is 0 Å². The summed E-state index contributed by atoms with van der Waals surface area (Å²) in [7, 11) is 0. The lowest BCUT2D eigenvalue weighted by Gasteiger charge is -2.41. The van der Waals surface area contributed by atoms with Crippen molar-refractivity contribution in [1.82, 2.24) is 9.80 Å². The van der Waals surface area contributed by atoms with Gasteiger partial charge in [0, 0.05) is 12.6 Å². The van der Waals surface area contributed by atoms with E-state index in [2.05, 4.69) is 44.4 Å². The van der Waals surface area contributed by atoms with Crippen LogP contribution in [0.1, 0.15) is 74.1 Å². The van der Waals surface area contributed by atoms with Gasteiger partial charge >= 0.3 is 0 Å². The molecule has 0 aromatic carbocycles. The highest BCUT2D eigenvalue weighted by atomic mass is 15.2. The molecule has 2 heterocycles. The van der Waals surface area contributed by atoms with Crippen LogP contribution in [0.3, 0.4) is 0 Å². The van der Waals surface area contributed by atoms with E-state index < -0.39 is 0 Å². The molecule has 0 spiro atoms. The zero-order chi connectivity index (χ0) is 16.8. The molecular weight excluding hydrogens is 268 g/mol. The number of likely N-dealkylation sites (tertiary alicyclic amines) is 2. The van der Waals surface area contributed by atoms with E-state index in [1.807, 2.05) is 13.8 Å². The van der Waals surface area contributed by atoms with Gasteiger partial charge in [0.05, 0.1) is 0 Å². The molecule has 0 aromatic heterocycles. The molecule has 0 saturated carbocycles. The molecule has 0 radical (unpaired) electrons. The fourth-order valence-electron chi connectivity index (χ4n) is 4.00. The van der Waals surface area contributed by atoms with E-state index in [4.69, 9.17) is 0 Å². The fraction of sp³-hybridized carbons (Fsp3) is 1.00. The SMILES string of the molecule is CC.CC(C)N1CCC(CN2CCC(C(C)(C)C)CC2)CC1. The summed E-state index contributed by atoms with van der Waals surface area (Å²) in [6.45, 7) is 22.6. The lowest BCUT2D eigenvalue weighted by Crippen LogP contribution is -2.44. The van der Waals surface area contributed by atoms with Gasteiger partial charge in [0.15, 0.2) is 0 Å². The smallest absolute Gasteiger partial charge is 0.00385 e. The van der Waals surface area contributed by atoms with Crippen LogP contribution in [0.15, 0.2) is 0 Å². The first-order valence-corrected chi connectivity index (χ1v) is 9.82. The molecule has 2 aliphatic heterocycles. The van der Waals surface area contributed by atoms with Crippen molar-refractivity contribution in [2.24, 2.45) is 17.3 Å². The minimum Gasteiger partial charge on any atom is -0.303 e. The van der Waals surface area contributed by atoms with Crippen LogP contribution in [0.5, 0.6) is 0 Å². The summed E-state index contributed by atoms with van der Waals surface area (Å²) in [6.07, 6.45) is 5.65. The van der Waals surface area contributed by atoms with Gasteiger partial charge < -0.3 is 9.80 Å². The van der Waals surface area contributed by atoms with Gasteiger partial charge in [-0.25, -0.2) is 0 Å². The maximum atomic E-state index is 2.75. The molecule has 0 unspecified atom stereocenters. The Hall–Kier alpha value is -0.0800. The van der Waals surface area contributed by atoms with Crippen molar-refractivity contribution in [2.45, 2.75) is 80.2 Å². The van der Waals surface area contributed by atoms with Crippen molar-refractivity contribution in [1.29, 1.82) is 0 Å². The van der Waals surface area contributed by atoms with Crippen molar-refractivity contribution in [3.63, 3.8) is 0 Å². The molecule has 0 atom stereocenters. The van der Waals surface area contributed by atoms with Crippen molar-refractivity contribution in [2.75, 3.05) is 32.7 Å². The third-order valence-corrected chi connectivity index (χ3v) is 5.71. The zero-order valence-corrected chi connectivity index (χ0v) is 16.5. The summed E-state index contributed by atoms with van der Waals surface area (Å²) >= 11 is 0. The Balaban J connectivity index is 0.00000116. The molecule has 2 fully saturated rings. The van der Waals surface area contributed by atoms with Crippen molar-refractivity contribution in [3.05, 3.63) is 0 Å². The summed E-state index contributed by atoms with van der Waals surface area (Å²) in [4.78, 5) is 5.39. The third-order valence-electron chi connectivity index (χ3n) is 5.71. The molecule has 2 rings (SSSR count). The number of hydrogen-bond acceptors (Lipinski definition) is 2. The molecule has 0 bridgehead atoms. The Labute approximate surface area is 140 Å². The number of rotatable bonds is 3. The first-order chi connectivity index (χ1) is 10.4. The molecule has 2 aliphatic rings. The van der Waals surface area contributed by atoms with E-state index in [1.54, 1.807) is 0 Å². The van der Waals surface area contributed by atoms with Crippen molar-refractivity contribution in [3.8, 4) is 0 Å². The molecule has 0 N–H and O–H groups in total. The monoisotopic (exact) mass is 310 g/mol. The molecule has 2 heteroatoms.